The predicted octanol–water partition coefficient (Wildman–Crippen LogP) is 3.03. The van der Waals surface area contributed by atoms with E-state index in [0.717, 1.165) is 6.42 Å². The molecule has 0 aromatic heterocycles. The summed E-state index contributed by atoms with van der Waals surface area (Å²) in [5.41, 5.74) is -0.499. The predicted molar refractivity (Wildman–Crippen MR) is 73.7 cm³/mol. The molecule has 1 aromatic rings. The molecular weight excluding hydrogens is 317 g/mol. The highest BCUT2D eigenvalue weighted by atomic mass is 32.2. The lowest BCUT2D eigenvalue weighted by atomic mass is 9.84. The van der Waals surface area contributed by atoms with Crippen LogP contribution in [0.5, 0.6) is 0 Å². The quantitative estimate of drug-likeness (QED) is 0.618. The zero-order valence-electron chi connectivity index (χ0n) is 11.7. The Hall–Kier alpha value is -1.37. The largest absolute Gasteiger partial charge is 0.294 e. The summed E-state index contributed by atoms with van der Waals surface area (Å²) in [6, 6.07) is 0.912. The highest BCUT2D eigenvalue weighted by Gasteiger charge is 2.46. The van der Waals surface area contributed by atoms with Gasteiger partial charge >= 0.3 is 0 Å². The molecule has 0 aliphatic carbocycles. The fourth-order valence-electron chi connectivity index (χ4n) is 3.55. The third-order valence-electron chi connectivity index (χ3n) is 4.72. The average molecular weight is 332 g/mol. The van der Waals surface area contributed by atoms with Gasteiger partial charge in [-0.15, -0.1) is 0 Å². The number of sulfone groups is 1. The van der Waals surface area contributed by atoms with Crippen molar-refractivity contribution in [2.45, 2.75) is 42.6 Å². The first kappa shape index (κ1) is 15.5. The van der Waals surface area contributed by atoms with Gasteiger partial charge in [-0.3, -0.25) is 4.79 Å². The maximum Gasteiger partial charge on any atom is 0.169 e. The molecule has 120 valence electrons. The van der Waals surface area contributed by atoms with E-state index in [0.29, 0.717) is 25.0 Å². The van der Waals surface area contributed by atoms with Gasteiger partial charge in [-0.25, -0.2) is 21.6 Å². The molecule has 0 amide bonds. The number of ketones is 1. The Kier molecular flexibility index (Phi) is 3.79. The first-order valence-electron chi connectivity index (χ1n) is 7.22. The van der Waals surface area contributed by atoms with Crippen LogP contribution >= 0.6 is 0 Å². The van der Waals surface area contributed by atoms with Crippen molar-refractivity contribution in [1.82, 2.24) is 0 Å². The van der Waals surface area contributed by atoms with Crippen LogP contribution in [0, 0.1) is 23.4 Å². The summed E-state index contributed by atoms with van der Waals surface area (Å²) in [5, 5.41) is -1.16. The molecule has 1 aromatic carbocycles. The number of hydrogen-bond acceptors (Lipinski definition) is 3. The number of hydrogen-bond donors (Lipinski definition) is 0. The highest BCUT2D eigenvalue weighted by Crippen LogP contribution is 2.40. The van der Waals surface area contributed by atoms with Gasteiger partial charge in [0.2, 0.25) is 0 Å². The maximum atomic E-state index is 13.7. The minimum absolute atomic E-state index is 0.135. The molecule has 2 aliphatic rings. The van der Waals surface area contributed by atoms with Gasteiger partial charge in [0, 0.05) is 12.0 Å². The normalized spacial score (nSPS) is 30.0. The van der Waals surface area contributed by atoms with Crippen molar-refractivity contribution >= 4 is 15.6 Å². The van der Waals surface area contributed by atoms with Crippen LogP contribution in [0.1, 0.15) is 42.5 Å². The number of carbonyl (C=O) groups is 1. The van der Waals surface area contributed by atoms with E-state index in [1.165, 1.54) is 0 Å². The average Bonchev–Trinajstić information content (AvgIpc) is 2.41. The number of rotatable bonds is 2. The van der Waals surface area contributed by atoms with Crippen molar-refractivity contribution in [1.29, 1.82) is 0 Å². The molecule has 3 nitrogen and oxygen atoms in total. The summed E-state index contributed by atoms with van der Waals surface area (Å²) in [6.07, 6.45) is 2.08. The zero-order valence-corrected chi connectivity index (χ0v) is 12.5. The van der Waals surface area contributed by atoms with Crippen LogP contribution in [0.4, 0.5) is 13.2 Å². The van der Waals surface area contributed by atoms with Crippen LogP contribution in [-0.2, 0) is 9.84 Å². The van der Waals surface area contributed by atoms with E-state index in [-0.39, 0.29) is 12.8 Å². The monoisotopic (exact) mass is 332 g/mol. The van der Waals surface area contributed by atoms with Crippen LogP contribution in [0.15, 0.2) is 12.1 Å². The third kappa shape index (κ3) is 2.45. The van der Waals surface area contributed by atoms with Crippen molar-refractivity contribution in [3.05, 3.63) is 35.1 Å². The van der Waals surface area contributed by atoms with E-state index in [1.807, 2.05) is 0 Å². The summed E-state index contributed by atoms with van der Waals surface area (Å²) in [7, 11) is -3.22. The molecule has 2 fully saturated rings. The van der Waals surface area contributed by atoms with Gasteiger partial charge in [-0.1, -0.05) is 6.42 Å². The van der Waals surface area contributed by atoms with Crippen LogP contribution in [0.3, 0.4) is 0 Å². The van der Waals surface area contributed by atoms with Crippen LogP contribution in [0.2, 0.25) is 0 Å². The van der Waals surface area contributed by atoms with E-state index in [9.17, 15) is 26.4 Å². The lowest BCUT2D eigenvalue weighted by Crippen LogP contribution is -2.45. The Labute approximate surface area is 126 Å². The van der Waals surface area contributed by atoms with E-state index in [1.54, 1.807) is 0 Å². The minimum atomic E-state index is -3.22. The SMILES string of the molecule is O=C(c1cc(F)c(F)cc1F)C1CC2CCCC(C1)S2(=O)=O. The summed E-state index contributed by atoms with van der Waals surface area (Å²) < 4.78 is 64.3. The molecule has 3 rings (SSSR count). The van der Waals surface area contributed by atoms with Gasteiger partial charge in [0.1, 0.15) is 5.82 Å². The van der Waals surface area contributed by atoms with Gasteiger partial charge in [0.25, 0.3) is 0 Å². The summed E-state index contributed by atoms with van der Waals surface area (Å²) in [4.78, 5) is 12.4. The minimum Gasteiger partial charge on any atom is -0.294 e. The Bertz CT molecular complexity index is 710. The molecule has 22 heavy (non-hydrogen) atoms. The summed E-state index contributed by atoms with van der Waals surface area (Å²) in [6.45, 7) is 0. The second kappa shape index (κ2) is 5.37. The smallest absolute Gasteiger partial charge is 0.169 e. The fourth-order valence-corrected chi connectivity index (χ4v) is 6.09. The molecule has 0 radical (unpaired) electrons. The number of Topliss-reactive ketones (excluding diaryl/α,β-unsaturated/α-hetero) is 1. The highest BCUT2D eigenvalue weighted by molar-refractivity contribution is 7.92. The summed E-state index contributed by atoms with van der Waals surface area (Å²) >= 11 is 0. The first-order valence-corrected chi connectivity index (χ1v) is 8.83. The molecule has 2 unspecified atom stereocenters. The Morgan fingerprint density at radius 3 is 2.09 bits per heavy atom. The van der Waals surface area contributed by atoms with Crippen LogP contribution in [0.25, 0.3) is 0 Å². The van der Waals surface area contributed by atoms with E-state index in [4.69, 9.17) is 0 Å². The zero-order chi connectivity index (χ0) is 16.1. The number of benzene rings is 1. The van der Waals surface area contributed by atoms with Crippen molar-refractivity contribution in [3.63, 3.8) is 0 Å². The molecule has 7 heteroatoms. The molecular formula is C15H15F3O3S. The van der Waals surface area contributed by atoms with Crippen molar-refractivity contribution in [2.24, 2.45) is 5.92 Å². The molecule has 0 N–H and O–H groups in total. The fraction of sp³-hybridized carbons (Fsp3) is 0.533. The molecule has 2 saturated heterocycles. The molecule has 2 heterocycles. The molecule has 2 bridgehead atoms. The van der Waals surface area contributed by atoms with Gasteiger partial charge in [0.15, 0.2) is 27.3 Å². The van der Waals surface area contributed by atoms with Gasteiger partial charge in [0.05, 0.1) is 16.1 Å². The number of carbonyl (C=O) groups excluding carboxylic acids is 1. The maximum absolute atomic E-state index is 13.7. The number of fused-ring (bicyclic) bond motifs is 2. The third-order valence-corrected chi connectivity index (χ3v) is 7.44. The van der Waals surface area contributed by atoms with E-state index in [2.05, 4.69) is 0 Å². The second-order valence-corrected chi connectivity index (χ2v) is 8.55. The van der Waals surface area contributed by atoms with E-state index >= 15 is 0 Å². The van der Waals surface area contributed by atoms with Crippen LogP contribution < -0.4 is 0 Å². The van der Waals surface area contributed by atoms with Crippen molar-refractivity contribution in [3.8, 4) is 0 Å². The Morgan fingerprint density at radius 1 is 0.955 bits per heavy atom. The van der Waals surface area contributed by atoms with Crippen molar-refractivity contribution < 1.29 is 26.4 Å². The lowest BCUT2D eigenvalue weighted by molar-refractivity contribution is 0.0889. The van der Waals surface area contributed by atoms with Gasteiger partial charge < -0.3 is 0 Å². The number of halogens is 3. The van der Waals surface area contributed by atoms with E-state index < -0.39 is 55.1 Å². The van der Waals surface area contributed by atoms with Gasteiger partial charge in [-0.2, -0.15) is 0 Å². The topological polar surface area (TPSA) is 51.2 Å². The molecule has 2 aliphatic heterocycles. The Balaban J connectivity index is 1.90. The van der Waals surface area contributed by atoms with Crippen molar-refractivity contribution in [2.75, 3.05) is 0 Å². The lowest BCUT2D eigenvalue weighted by Gasteiger charge is -2.38. The Morgan fingerprint density at radius 2 is 1.50 bits per heavy atom. The molecule has 2 atom stereocenters. The standard InChI is InChI=1S/C15H15F3O3S/c16-12-7-14(18)13(17)6-11(12)15(19)8-4-9-2-1-3-10(5-8)22(9,20)21/h6-10H,1-5H2. The van der Waals surface area contributed by atoms with Crippen LogP contribution in [-0.4, -0.2) is 24.7 Å². The van der Waals surface area contributed by atoms with Gasteiger partial charge in [-0.05, 0) is 31.7 Å². The second-order valence-electron chi connectivity index (χ2n) is 6.04. The molecule has 0 saturated carbocycles. The first-order chi connectivity index (χ1) is 10.3. The molecule has 0 spiro atoms. The summed E-state index contributed by atoms with van der Waals surface area (Å²) in [5.74, 6) is -5.03.